The Morgan fingerprint density at radius 2 is 2.00 bits per heavy atom. The van der Waals surface area contributed by atoms with Crippen LogP contribution in [0.5, 0.6) is 5.75 Å². The molecule has 1 amide bonds. The summed E-state index contributed by atoms with van der Waals surface area (Å²) in [4.78, 5) is 21.3. The highest BCUT2D eigenvalue weighted by Gasteiger charge is 2.18. The van der Waals surface area contributed by atoms with Crippen LogP contribution < -0.4 is 10.1 Å². The zero-order valence-electron chi connectivity index (χ0n) is 17.3. The maximum absolute atomic E-state index is 11.8. The fourth-order valence-corrected chi connectivity index (χ4v) is 3.53. The number of carbonyl (C=O) groups is 1. The number of amides is 1. The topological polar surface area (TPSA) is 77.2 Å². The number of hydrogen-bond acceptors (Lipinski definition) is 5. The summed E-state index contributed by atoms with van der Waals surface area (Å²) in [5.41, 5.74) is 4.19. The van der Waals surface area contributed by atoms with Gasteiger partial charge in [0.15, 0.2) is 5.82 Å². The van der Waals surface area contributed by atoms with Gasteiger partial charge in [-0.2, -0.15) is 0 Å². The van der Waals surface area contributed by atoms with E-state index in [-0.39, 0.29) is 0 Å². The number of aryl methyl sites for hydroxylation is 1. The number of aromatic nitrogens is 2. The number of nitrogens with one attached hydrogen (secondary N) is 1. The lowest BCUT2D eigenvalue weighted by molar-refractivity contribution is 0.187. The molecule has 2 aromatic heterocycles. The first kappa shape index (κ1) is 19.4. The van der Waals surface area contributed by atoms with Crippen LogP contribution >= 0.6 is 0 Å². The van der Waals surface area contributed by atoms with Gasteiger partial charge in [0.1, 0.15) is 17.1 Å². The van der Waals surface area contributed by atoms with Crippen molar-refractivity contribution in [3.8, 4) is 17.0 Å². The molecule has 0 unspecified atom stereocenters. The third kappa shape index (κ3) is 3.24. The normalized spacial score (nSPS) is 11.3. The predicted molar refractivity (Wildman–Crippen MR) is 119 cm³/mol. The summed E-state index contributed by atoms with van der Waals surface area (Å²) in [6, 6.07) is 13.8. The number of ether oxygens (including phenoxy) is 2. The summed E-state index contributed by atoms with van der Waals surface area (Å²) in [5.74, 6) is 1.29. The van der Waals surface area contributed by atoms with Gasteiger partial charge in [-0.25, -0.2) is 14.8 Å². The molecule has 0 fully saturated rings. The molecule has 0 radical (unpaired) electrons. The lowest BCUT2D eigenvalue weighted by atomic mass is 10.1. The van der Waals surface area contributed by atoms with Gasteiger partial charge in [-0.05, 0) is 43.0 Å². The summed E-state index contributed by atoms with van der Waals surface area (Å²) in [6.07, 6.45) is 3.13. The first-order valence-corrected chi connectivity index (χ1v) is 9.49. The molecule has 2 aromatic carbocycles. The fraction of sp³-hybridized carbons (Fsp3) is 0.174. The molecule has 0 aliphatic heterocycles. The Hall–Kier alpha value is -3.87. The number of imidazole rings is 1. The number of anilines is 1. The Morgan fingerprint density at radius 3 is 2.70 bits per heavy atom. The Balaban J connectivity index is 2.03. The van der Waals surface area contributed by atoms with Gasteiger partial charge in [0, 0.05) is 23.4 Å². The molecular formula is C23H22N4O3. The predicted octanol–water partition coefficient (Wildman–Crippen LogP) is 5.37. The second-order valence-corrected chi connectivity index (χ2v) is 6.75. The van der Waals surface area contributed by atoms with E-state index in [1.54, 1.807) is 13.3 Å². The highest BCUT2D eigenvalue weighted by molar-refractivity contribution is 6.02. The quantitative estimate of drug-likeness (QED) is 0.466. The molecule has 7 nitrogen and oxygen atoms in total. The second kappa shape index (κ2) is 7.87. The van der Waals surface area contributed by atoms with Crippen LogP contribution in [0, 0.1) is 6.92 Å². The van der Waals surface area contributed by atoms with Crippen LogP contribution in [0.4, 0.5) is 16.3 Å². The number of fused-ring (bicyclic) bond motifs is 3. The fourth-order valence-electron chi connectivity index (χ4n) is 3.53. The first-order valence-electron chi connectivity index (χ1n) is 9.49. The molecule has 0 saturated heterocycles. The van der Waals surface area contributed by atoms with Crippen molar-refractivity contribution in [1.29, 1.82) is 0 Å². The number of aliphatic imine (C=N–C) groups is 1. The number of carbonyl (C=O) groups excluding carboxylic acids is 1. The van der Waals surface area contributed by atoms with E-state index in [4.69, 9.17) is 14.5 Å². The molecule has 152 valence electrons. The van der Waals surface area contributed by atoms with Crippen molar-refractivity contribution in [3.63, 3.8) is 0 Å². The minimum Gasteiger partial charge on any atom is -0.495 e. The van der Waals surface area contributed by atoms with Crippen molar-refractivity contribution in [2.75, 3.05) is 19.5 Å². The monoisotopic (exact) mass is 402 g/mol. The van der Waals surface area contributed by atoms with E-state index in [0.29, 0.717) is 11.4 Å². The molecule has 0 saturated carbocycles. The molecule has 0 bridgehead atoms. The van der Waals surface area contributed by atoms with E-state index in [9.17, 15) is 4.79 Å². The molecule has 1 N–H and O–H groups in total. The highest BCUT2D eigenvalue weighted by atomic mass is 16.5. The van der Waals surface area contributed by atoms with Crippen LogP contribution in [0.15, 0.2) is 53.7 Å². The highest BCUT2D eigenvalue weighted by Crippen LogP contribution is 2.37. The maximum atomic E-state index is 11.8. The van der Waals surface area contributed by atoms with Crippen LogP contribution in [0.2, 0.25) is 0 Å². The molecule has 4 rings (SSSR count). The van der Waals surface area contributed by atoms with Gasteiger partial charge >= 0.3 is 6.09 Å². The minimum atomic E-state index is -0.570. The zero-order chi connectivity index (χ0) is 21.3. The number of methoxy groups -OCH3 is 2. The minimum absolute atomic E-state index is 0.505. The van der Waals surface area contributed by atoms with Crippen molar-refractivity contribution in [1.82, 2.24) is 9.38 Å². The first-order chi connectivity index (χ1) is 14.6. The van der Waals surface area contributed by atoms with E-state index >= 15 is 0 Å². The summed E-state index contributed by atoms with van der Waals surface area (Å²) in [5, 5.41) is 4.49. The van der Waals surface area contributed by atoms with E-state index in [2.05, 4.69) is 23.3 Å². The summed E-state index contributed by atoms with van der Waals surface area (Å²) in [7, 11) is 2.88. The van der Waals surface area contributed by atoms with Crippen molar-refractivity contribution >= 4 is 40.2 Å². The van der Waals surface area contributed by atoms with E-state index < -0.39 is 6.09 Å². The van der Waals surface area contributed by atoms with Crippen LogP contribution in [-0.2, 0) is 4.74 Å². The van der Waals surface area contributed by atoms with Gasteiger partial charge in [-0.15, -0.1) is 0 Å². The van der Waals surface area contributed by atoms with Crippen LogP contribution in [-0.4, -0.2) is 35.9 Å². The van der Waals surface area contributed by atoms with Gasteiger partial charge in [0.05, 0.1) is 19.9 Å². The largest absolute Gasteiger partial charge is 0.495 e. The molecule has 0 aliphatic carbocycles. The van der Waals surface area contributed by atoms with Gasteiger partial charge < -0.3 is 9.47 Å². The SMILES string of the molecule is CC=Nc1c(-c2ccccc2C)nc2c3cc(NC(=O)OC)c(OC)cc3ccn12. The number of hydrogen-bond donors (Lipinski definition) is 1. The van der Waals surface area contributed by atoms with Crippen molar-refractivity contribution < 1.29 is 14.3 Å². The molecular weight excluding hydrogens is 380 g/mol. The Kier molecular flexibility index (Phi) is 5.10. The summed E-state index contributed by atoms with van der Waals surface area (Å²) >= 11 is 0. The molecule has 0 atom stereocenters. The molecule has 30 heavy (non-hydrogen) atoms. The Morgan fingerprint density at radius 1 is 1.20 bits per heavy atom. The van der Waals surface area contributed by atoms with Crippen LogP contribution in [0.25, 0.3) is 27.7 Å². The van der Waals surface area contributed by atoms with Crippen molar-refractivity contribution in [3.05, 3.63) is 54.2 Å². The number of benzene rings is 2. The number of pyridine rings is 1. The van der Waals surface area contributed by atoms with Crippen molar-refractivity contribution in [2.45, 2.75) is 13.8 Å². The number of rotatable bonds is 4. The van der Waals surface area contributed by atoms with Crippen LogP contribution in [0.3, 0.4) is 0 Å². The average Bonchev–Trinajstić information content (AvgIpc) is 3.12. The lowest BCUT2D eigenvalue weighted by Gasteiger charge is -2.11. The molecule has 4 aromatic rings. The average molecular weight is 402 g/mol. The molecule has 7 heteroatoms. The number of nitrogens with zero attached hydrogens (tertiary/aromatic N) is 3. The van der Waals surface area contributed by atoms with Crippen LogP contribution in [0.1, 0.15) is 12.5 Å². The molecule has 0 spiro atoms. The van der Waals surface area contributed by atoms with Gasteiger partial charge in [0.2, 0.25) is 0 Å². The maximum Gasteiger partial charge on any atom is 0.411 e. The summed E-state index contributed by atoms with van der Waals surface area (Å²) in [6.45, 7) is 3.94. The van der Waals surface area contributed by atoms with Gasteiger partial charge in [0.25, 0.3) is 0 Å². The standard InChI is InChI=1S/C23H22N4O3/c1-5-24-22-20(16-9-7-6-8-14(16)2)26-21-17-13-18(25-23(28)30-4)19(29-3)12-15(17)10-11-27(21)22/h5-13H,1-4H3,(H,25,28). The molecule has 0 aliphatic rings. The Bertz CT molecular complexity index is 1290. The third-order valence-electron chi connectivity index (χ3n) is 4.98. The van der Waals surface area contributed by atoms with E-state index in [1.165, 1.54) is 7.11 Å². The molecule has 2 heterocycles. The van der Waals surface area contributed by atoms with E-state index in [0.717, 1.165) is 39.1 Å². The van der Waals surface area contributed by atoms with Crippen molar-refractivity contribution in [2.24, 2.45) is 4.99 Å². The second-order valence-electron chi connectivity index (χ2n) is 6.75. The third-order valence-corrected chi connectivity index (χ3v) is 4.98. The lowest BCUT2D eigenvalue weighted by Crippen LogP contribution is -2.11. The smallest absolute Gasteiger partial charge is 0.411 e. The zero-order valence-corrected chi connectivity index (χ0v) is 17.3. The van der Waals surface area contributed by atoms with E-state index in [1.807, 2.05) is 53.9 Å². The van der Waals surface area contributed by atoms with Gasteiger partial charge in [-0.1, -0.05) is 24.3 Å². The van der Waals surface area contributed by atoms with Gasteiger partial charge in [-0.3, -0.25) is 9.72 Å². The summed E-state index contributed by atoms with van der Waals surface area (Å²) < 4.78 is 12.1. The Labute approximate surface area is 174 Å².